The molecular weight excluding hydrogens is 288 g/mol. The van der Waals surface area contributed by atoms with E-state index in [1.165, 1.54) is 4.88 Å². The van der Waals surface area contributed by atoms with E-state index in [1.54, 1.807) is 35.1 Å². The highest BCUT2D eigenvalue weighted by atomic mass is 32.1. The summed E-state index contributed by atoms with van der Waals surface area (Å²) in [5.41, 5.74) is 9.14. The lowest BCUT2D eigenvalue weighted by molar-refractivity contribution is 1.25. The Kier molecular flexibility index (Phi) is 2.58. The van der Waals surface area contributed by atoms with Crippen LogP contribution in [-0.4, -0.2) is 14.4 Å². The van der Waals surface area contributed by atoms with E-state index < -0.39 is 0 Å². The summed E-state index contributed by atoms with van der Waals surface area (Å²) in [6.45, 7) is 0. The first kappa shape index (κ1) is 11.6. The van der Waals surface area contributed by atoms with Crippen LogP contribution in [0.3, 0.4) is 0 Å². The number of nitrogens with zero attached hydrogens (tertiary/aromatic N) is 3. The van der Waals surface area contributed by atoms with Crippen LogP contribution in [0.2, 0.25) is 0 Å². The fourth-order valence-electron chi connectivity index (χ4n) is 2.19. The molecule has 0 atom stereocenters. The van der Waals surface area contributed by atoms with Gasteiger partial charge in [-0.15, -0.1) is 22.7 Å². The molecular formula is C14H10N4S2. The highest BCUT2D eigenvalue weighted by Crippen LogP contribution is 2.35. The number of nitrogen functional groups attached to an aromatic ring is 1. The minimum atomic E-state index is 0.664. The van der Waals surface area contributed by atoms with Gasteiger partial charge in [-0.2, -0.15) is 0 Å². The third kappa shape index (κ3) is 1.65. The molecule has 2 N–H and O–H groups in total. The van der Waals surface area contributed by atoms with Crippen LogP contribution in [-0.2, 0) is 0 Å². The number of fused-ring (bicyclic) bond motifs is 1. The van der Waals surface area contributed by atoms with Crippen molar-refractivity contribution in [1.82, 2.24) is 14.4 Å². The molecule has 0 aliphatic rings. The molecule has 4 aromatic heterocycles. The van der Waals surface area contributed by atoms with E-state index in [2.05, 4.69) is 26.8 Å². The third-order valence-corrected chi connectivity index (χ3v) is 4.83. The normalized spacial score (nSPS) is 11.2. The van der Waals surface area contributed by atoms with Gasteiger partial charge in [0.1, 0.15) is 11.5 Å². The number of anilines is 1. The fourth-order valence-corrected chi connectivity index (χ4v) is 3.89. The van der Waals surface area contributed by atoms with Gasteiger partial charge < -0.3 is 5.73 Å². The molecule has 0 bridgehead atoms. The van der Waals surface area contributed by atoms with Gasteiger partial charge in [0.05, 0.1) is 10.6 Å². The molecule has 0 radical (unpaired) electrons. The number of rotatable bonds is 2. The zero-order valence-electron chi connectivity index (χ0n) is 10.4. The largest absolute Gasteiger partial charge is 0.383 e. The van der Waals surface area contributed by atoms with Crippen molar-refractivity contribution in [3.8, 4) is 21.8 Å². The van der Waals surface area contributed by atoms with E-state index in [1.807, 2.05) is 22.6 Å². The standard InChI is InChI=1S/C14H10N4S2/c15-13-12(9-3-1-5-16-7-9)17-14-18(13)10(8-20-14)11-4-2-6-19-11/h1-8H,15H2. The number of thiophene rings is 1. The summed E-state index contributed by atoms with van der Waals surface area (Å²) in [5.74, 6) is 0.664. The zero-order chi connectivity index (χ0) is 13.5. The number of thiazole rings is 1. The summed E-state index contributed by atoms with van der Waals surface area (Å²) < 4.78 is 2.01. The Hall–Kier alpha value is -2.18. The number of hydrogen-bond donors (Lipinski definition) is 1. The van der Waals surface area contributed by atoms with Gasteiger partial charge in [-0.1, -0.05) is 6.07 Å². The Morgan fingerprint density at radius 3 is 2.85 bits per heavy atom. The molecule has 0 aliphatic heterocycles. The molecule has 0 aromatic carbocycles. The van der Waals surface area contributed by atoms with E-state index >= 15 is 0 Å². The Morgan fingerprint density at radius 1 is 1.15 bits per heavy atom. The summed E-state index contributed by atoms with van der Waals surface area (Å²) in [6.07, 6.45) is 3.53. The van der Waals surface area contributed by atoms with Crippen molar-refractivity contribution in [3.63, 3.8) is 0 Å². The topological polar surface area (TPSA) is 56.2 Å². The van der Waals surface area contributed by atoms with Gasteiger partial charge in [0.25, 0.3) is 0 Å². The van der Waals surface area contributed by atoms with Crippen molar-refractivity contribution in [3.05, 3.63) is 47.4 Å². The van der Waals surface area contributed by atoms with E-state index in [0.717, 1.165) is 21.9 Å². The summed E-state index contributed by atoms with van der Waals surface area (Å²) in [5, 5.41) is 4.16. The van der Waals surface area contributed by atoms with E-state index in [-0.39, 0.29) is 0 Å². The SMILES string of the molecule is Nc1c(-c2cccnc2)nc2scc(-c3cccs3)n12. The molecule has 0 amide bonds. The quantitative estimate of drug-likeness (QED) is 0.613. The molecule has 20 heavy (non-hydrogen) atoms. The highest BCUT2D eigenvalue weighted by molar-refractivity contribution is 7.17. The first-order valence-corrected chi connectivity index (χ1v) is 7.80. The smallest absolute Gasteiger partial charge is 0.196 e. The van der Waals surface area contributed by atoms with E-state index in [9.17, 15) is 0 Å². The summed E-state index contributed by atoms with van der Waals surface area (Å²) in [7, 11) is 0. The minimum Gasteiger partial charge on any atom is -0.383 e. The van der Waals surface area contributed by atoms with Crippen molar-refractivity contribution in [1.29, 1.82) is 0 Å². The predicted molar refractivity (Wildman–Crippen MR) is 84.0 cm³/mol. The molecule has 0 spiro atoms. The van der Waals surface area contributed by atoms with Gasteiger partial charge in [-0.3, -0.25) is 9.38 Å². The molecule has 98 valence electrons. The lowest BCUT2D eigenvalue weighted by atomic mass is 10.2. The number of imidazole rings is 1. The summed E-state index contributed by atoms with van der Waals surface area (Å²) >= 11 is 3.30. The monoisotopic (exact) mass is 298 g/mol. The molecule has 4 rings (SSSR count). The van der Waals surface area contributed by atoms with Crippen molar-refractivity contribution in [2.45, 2.75) is 0 Å². The van der Waals surface area contributed by atoms with Gasteiger partial charge in [-0.05, 0) is 23.6 Å². The van der Waals surface area contributed by atoms with Crippen LogP contribution < -0.4 is 5.73 Å². The average molecular weight is 298 g/mol. The van der Waals surface area contributed by atoms with Gasteiger partial charge >= 0.3 is 0 Å². The fraction of sp³-hybridized carbons (Fsp3) is 0. The van der Waals surface area contributed by atoms with Crippen LogP contribution >= 0.6 is 22.7 Å². The third-order valence-electron chi connectivity index (χ3n) is 3.11. The number of hydrogen-bond acceptors (Lipinski definition) is 5. The van der Waals surface area contributed by atoms with Crippen molar-refractivity contribution in [2.24, 2.45) is 0 Å². The maximum atomic E-state index is 6.31. The number of aromatic nitrogens is 3. The molecule has 4 heterocycles. The first-order chi connectivity index (χ1) is 9.84. The Bertz CT molecular complexity index is 860. The lowest BCUT2D eigenvalue weighted by Gasteiger charge is -2.00. The van der Waals surface area contributed by atoms with Crippen LogP contribution in [0.1, 0.15) is 0 Å². The minimum absolute atomic E-state index is 0.664. The van der Waals surface area contributed by atoms with Crippen LogP contribution in [0.5, 0.6) is 0 Å². The van der Waals surface area contributed by atoms with Crippen LogP contribution in [0.25, 0.3) is 26.8 Å². The van der Waals surface area contributed by atoms with Gasteiger partial charge in [0, 0.05) is 23.3 Å². The number of nitrogens with two attached hydrogens (primary N) is 1. The van der Waals surface area contributed by atoms with Crippen LogP contribution in [0.15, 0.2) is 47.4 Å². The van der Waals surface area contributed by atoms with Gasteiger partial charge in [0.15, 0.2) is 4.96 Å². The molecule has 4 nitrogen and oxygen atoms in total. The van der Waals surface area contributed by atoms with Crippen molar-refractivity contribution < 1.29 is 0 Å². The summed E-state index contributed by atoms with van der Waals surface area (Å²) in [6, 6.07) is 8.00. The van der Waals surface area contributed by atoms with Crippen molar-refractivity contribution >= 4 is 33.5 Å². The molecule has 0 aliphatic carbocycles. The number of pyridine rings is 1. The van der Waals surface area contributed by atoms with E-state index in [0.29, 0.717) is 5.82 Å². The first-order valence-electron chi connectivity index (χ1n) is 6.04. The predicted octanol–water partition coefficient (Wildman–Crippen LogP) is 3.77. The molecule has 0 unspecified atom stereocenters. The maximum Gasteiger partial charge on any atom is 0.196 e. The maximum absolute atomic E-state index is 6.31. The molecule has 6 heteroatoms. The second kappa shape index (κ2) is 4.43. The van der Waals surface area contributed by atoms with Crippen molar-refractivity contribution in [2.75, 3.05) is 5.73 Å². The van der Waals surface area contributed by atoms with E-state index in [4.69, 9.17) is 5.73 Å². The second-order valence-electron chi connectivity index (χ2n) is 4.30. The molecule has 4 aromatic rings. The molecule has 0 saturated carbocycles. The molecule has 0 saturated heterocycles. The zero-order valence-corrected chi connectivity index (χ0v) is 12.0. The Labute approximate surface area is 123 Å². The van der Waals surface area contributed by atoms with Gasteiger partial charge in [-0.25, -0.2) is 4.98 Å². The Balaban J connectivity index is 1.97. The lowest BCUT2D eigenvalue weighted by Crippen LogP contribution is -1.94. The van der Waals surface area contributed by atoms with Crippen LogP contribution in [0.4, 0.5) is 5.82 Å². The van der Waals surface area contributed by atoms with Crippen LogP contribution in [0, 0.1) is 0 Å². The summed E-state index contributed by atoms with van der Waals surface area (Å²) in [4.78, 5) is 10.9. The molecule has 0 fully saturated rings. The average Bonchev–Trinajstić information content (AvgIpc) is 3.18. The Morgan fingerprint density at radius 2 is 2.10 bits per heavy atom. The highest BCUT2D eigenvalue weighted by Gasteiger charge is 2.16. The van der Waals surface area contributed by atoms with Gasteiger partial charge in [0.2, 0.25) is 0 Å². The second-order valence-corrected chi connectivity index (χ2v) is 6.09.